The van der Waals surface area contributed by atoms with E-state index in [1.807, 2.05) is 0 Å². The Balaban J connectivity index is 3.27. The van der Waals surface area contributed by atoms with Gasteiger partial charge in [0.15, 0.2) is 0 Å². The SMILES string of the molecule is O=[N+]([O-])c1ccc(O[AsH2])c([N+](=O)[O-])c1. The summed E-state index contributed by atoms with van der Waals surface area (Å²) in [6, 6.07) is 3.23. The van der Waals surface area contributed by atoms with Crippen molar-refractivity contribution in [2.24, 2.45) is 0 Å². The number of benzene rings is 1. The second-order valence-electron chi connectivity index (χ2n) is 2.28. The fourth-order valence-electron chi connectivity index (χ4n) is 0.862. The normalized spacial score (nSPS) is 9.50. The number of hydrogen-bond donors (Lipinski definition) is 0. The van der Waals surface area contributed by atoms with Crippen LogP contribution in [0, 0.1) is 20.2 Å². The topological polar surface area (TPSA) is 95.5 Å². The van der Waals surface area contributed by atoms with Crippen LogP contribution in [-0.2, 0) is 0 Å². The van der Waals surface area contributed by atoms with Gasteiger partial charge in [-0.15, -0.1) is 0 Å². The van der Waals surface area contributed by atoms with Crippen molar-refractivity contribution >= 4 is 28.6 Å². The molecule has 1 aromatic rings. The van der Waals surface area contributed by atoms with Crippen LogP contribution < -0.4 is 3.73 Å². The van der Waals surface area contributed by atoms with Crippen LogP contribution in [0.15, 0.2) is 18.2 Å². The molecule has 0 heterocycles. The number of non-ortho nitro benzene ring substituents is 1. The summed E-state index contributed by atoms with van der Waals surface area (Å²) in [6.07, 6.45) is 0. The molecule has 0 aliphatic carbocycles. The molecule has 7 nitrogen and oxygen atoms in total. The summed E-state index contributed by atoms with van der Waals surface area (Å²) in [5.74, 6) is 0.0283. The average Bonchev–Trinajstić information content (AvgIpc) is 2.16. The minimum atomic E-state index is -0.720. The summed E-state index contributed by atoms with van der Waals surface area (Å²) in [7, 11) is 0. The first-order valence-electron chi connectivity index (χ1n) is 3.36. The van der Waals surface area contributed by atoms with Crippen molar-refractivity contribution < 1.29 is 13.6 Å². The Morgan fingerprint density at radius 3 is 2.29 bits per heavy atom. The van der Waals surface area contributed by atoms with E-state index in [9.17, 15) is 20.2 Å². The fraction of sp³-hybridized carbons (Fsp3) is 0. The third-order valence-corrected chi connectivity index (χ3v) is 2.01. The Morgan fingerprint density at radius 2 is 1.86 bits per heavy atom. The summed E-state index contributed by atoms with van der Waals surface area (Å²) in [6.45, 7) is 0. The van der Waals surface area contributed by atoms with E-state index in [-0.39, 0.29) is 11.4 Å². The van der Waals surface area contributed by atoms with Gasteiger partial charge >= 0.3 is 86.3 Å². The maximum absolute atomic E-state index is 10.5. The van der Waals surface area contributed by atoms with Gasteiger partial charge in [-0.1, -0.05) is 0 Å². The zero-order chi connectivity index (χ0) is 10.7. The van der Waals surface area contributed by atoms with Gasteiger partial charge in [-0.3, -0.25) is 0 Å². The fourth-order valence-corrected chi connectivity index (χ4v) is 1.28. The van der Waals surface area contributed by atoms with Crippen molar-refractivity contribution in [3.63, 3.8) is 0 Å². The van der Waals surface area contributed by atoms with Crippen molar-refractivity contribution in [3.05, 3.63) is 38.4 Å². The molecule has 0 amide bonds. The summed E-state index contributed by atoms with van der Waals surface area (Å²) in [5, 5.41) is 20.8. The van der Waals surface area contributed by atoms with Crippen LogP contribution in [0.25, 0.3) is 0 Å². The molecule has 0 N–H and O–H groups in total. The monoisotopic (exact) mass is 260 g/mol. The van der Waals surface area contributed by atoms with Gasteiger partial charge < -0.3 is 0 Å². The molecule has 1 rings (SSSR count). The van der Waals surface area contributed by atoms with Crippen LogP contribution in [-0.4, -0.2) is 27.0 Å². The molecule has 0 saturated heterocycles. The van der Waals surface area contributed by atoms with E-state index in [1.165, 1.54) is 6.07 Å². The third kappa shape index (κ3) is 2.00. The third-order valence-electron chi connectivity index (χ3n) is 1.48. The molecule has 8 heteroatoms. The molecule has 74 valence electrons. The van der Waals surface area contributed by atoms with Gasteiger partial charge in [0.25, 0.3) is 0 Å². The van der Waals surface area contributed by atoms with Gasteiger partial charge in [0, 0.05) is 0 Å². The van der Waals surface area contributed by atoms with E-state index in [1.54, 1.807) is 0 Å². The molecular formula is C6H5AsN2O5. The summed E-state index contributed by atoms with van der Waals surface area (Å²) >= 11 is 0.823. The zero-order valence-electron chi connectivity index (χ0n) is 6.75. The molecule has 0 radical (unpaired) electrons. The number of hydrogen-bond acceptors (Lipinski definition) is 5. The molecule has 1 unspecified atom stereocenters. The van der Waals surface area contributed by atoms with Gasteiger partial charge in [-0.2, -0.15) is 0 Å². The quantitative estimate of drug-likeness (QED) is 0.446. The molecule has 1 aromatic carbocycles. The summed E-state index contributed by atoms with van der Waals surface area (Å²) in [5.41, 5.74) is -0.728. The Kier molecular flexibility index (Phi) is 3.03. The second-order valence-corrected chi connectivity index (χ2v) is 2.78. The summed E-state index contributed by atoms with van der Waals surface area (Å²) < 4.78 is 4.74. The van der Waals surface area contributed by atoms with Crippen molar-refractivity contribution in [2.45, 2.75) is 0 Å². The van der Waals surface area contributed by atoms with Crippen molar-refractivity contribution in [3.8, 4) is 5.75 Å². The Morgan fingerprint density at radius 1 is 1.21 bits per heavy atom. The van der Waals surface area contributed by atoms with Crippen LogP contribution >= 0.6 is 0 Å². The predicted octanol–water partition coefficient (Wildman–Crippen LogP) is 0.430. The van der Waals surface area contributed by atoms with Crippen LogP contribution in [0.2, 0.25) is 0 Å². The van der Waals surface area contributed by atoms with E-state index in [0.29, 0.717) is 0 Å². The molecular weight excluding hydrogens is 255 g/mol. The van der Waals surface area contributed by atoms with E-state index in [2.05, 4.69) is 0 Å². The standard InChI is InChI=1S/C6H5AsN2O5/c7-14-6-2-1-4(8(10)11)3-5(6)9(12)13/h1-3H,7H2. The first-order valence-corrected chi connectivity index (χ1v) is 4.34. The molecule has 1 atom stereocenters. The predicted molar refractivity (Wildman–Crippen MR) is 48.9 cm³/mol. The van der Waals surface area contributed by atoms with Gasteiger partial charge in [0.05, 0.1) is 0 Å². The first-order chi connectivity index (χ1) is 6.56. The molecule has 0 aliphatic rings. The van der Waals surface area contributed by atoms with Crippen molar-refractivity contribution in [1.82, 2.24) is 0 Å². The second kappa shape index (κ2) is 4.06. The summed E-state index contributed by atoms with van der Waals surface area (Å²) in [4.78, 5) is 19.4. The number of nitro groups is 2. The van der Waals surface area contributed by atoms with E-state index in [0.717, 1.165) is 29.3 Å². The molecule has 14 heavy (non-hydrogen) atoms. The number of rotatable bonds is 3. The molecule has 0 bridgehead atoms. The molecule has 0 saturated carbocycles. The van der Waals surface area contributed by atoms with E-state index in [4.69, 9.17) is 3.73 Å². The average molecular weight is 260 g/mol. The Bertz CT molecular complexity index is 394. The minimum absolute atomic E-state index is 0.0283. The molecule has 0 spiro atoms. The van der Waals surface area contributed by atoms with E-state index >= 15 is 0 Å². The zero-order valence-corrected chi connectivity index (χ0v) is 9.17. The molecule has 0 aliphatic heterocycles. The number of nitro benzene ring substituents is 2. The van der Waals surface area contributed by atoms with Crippen LogP contribution in [0.1, 0.15) is 0 Å². The molecule has 0 fully saturated rings. The maximum atomic E-state index is 10.5. The van der Waals surface area contributed by atoms with Gasteiger partial charge in [0.2, 0.25) is 0 Å². The van der Waals surface area contributed by atoms with Gasteiger partial charge in [0.1, 0.15) is 0 Å². The van der Waals surface area contributed by atoms with E-state index < -0.39 is 15.5 Å². The van der Waals surface area contributed by atoms with Crippen LogP contribution in [0.3, 0.4) is 0 Å². The number of nitrogens with zero attached hydrogens (tertiary/aromatic N) is 2. The van der Waals surface area contributed by atoms with Crippen molar-refractivity contribution in [1.29, 1.82) is 0 Å². The van der Waals surface area contributed by atoms with Gasteiger partial charge in [-0.05, 0) is 0 Å². The first kappa shape index (κ1) is 10.5. The Hall–Kier alpha value is -1.62. The Labute approximate surface area is 86.8 Å². The van der Waals surface area contributed by atoms with Crippen LogP contribution in [0.4, 0.5) is 11.4 Å². The molecule has 0 aromatic heterocycles. The van der Waals surface area contributed by atoms with Gasteiger partial charge in [-0.25, -0.2) is 0 Å². The van der Waals surface area contributed by atoms with Crippen molar-refractivity contribution in [2.75, 3.05) is 0 Å². The van der Waals surface area contributed by atoms with Crippen LogP contribution in [0.5, 0.6) is 5.75 Å².